The van der Waals surface area contributed by atoms with Gasteiger partial charge in [0.25, 0.3) is 0 Å². The van der Waals surface area contributed by atoms with Crippen molar-refractivity contribution in [1.82, 2.24) is 10.2 Å². The van der Waals surface area contributed by atoms with E-state index in [4.69, 9.17) is 0 Å². The summed E-state index contributed by atoms with van der Waals surface area (Å²) < 4.78 is 13.2. The molecule has 2 N–H and O–H groups in total. The minimum Gasteiger partial charge on any atom is -0.508 e. The van der Waals surface area contributed by atoms with Gasteiger partial charge in [-0.2, -0.15) is 5.10 Å². The minimum absolute atomic E-state index is 0.163. The second-order valence-electron chi connectivity index (χ2n) is 3.81. The molecule has 0 saturated carbocycles. The van der Waals surface area contributed by atoms with E-state index in [1.807, 2.05) is 0 Å². The Morgan fingerprint density at radius 1 is 1.12 bits per heavy atom. The van der Waals surface area contributed by atoms with Gasteiger partial charge in [0.2, 0.25) is 0 Å². The maximum absolute atomic E-state index is 13.2. The number of aromatic nitrogens is 2. The fourth-order valence-electron chi connectivity index (χ4n) is 1.86. The van der Waals surface area contributed by atoms with Gasteiger partial charge in [-0.05, 0) is 30.3 Å². The first kappa shape index (κ1) is 9.84. The number of benzene rings is 2. The van der Waals surface area contributed by atoms with Gasteiger partial charge < -0.3 is 5.11 Å². The standard InChI is InChI=1S/C13H9FN2O/c14-9-3-1-2-8(6-9)13-11-7-10(17)4-5-12(11)15-16-13/h1-7,17H,(H,15,16). The molecule has 0 aliphatic carbocycles. The van der Waals surface area contributed by atoms with Crippen molar-refractivity contribution in [1.29, 1.82) is 0 Å². The van der Waals surface area contributed by atoms with E-state index in [0.717, 1.165) is 10.9 Å². The van der Waals surface area contributed by atoms with Gasteiger partial charge in [-0.1, -0.05) is 12.1 Å². The lowest BCUT2D eigenvalue weighted by Crippen LogP contribution is -1.80. The largest absolute Gasteiger partial charge is 0.508 e. The van der Waals surface area contributed by atoms with Crippen molar-refractivity contribution in [2.24, 2.45) is 0 Å². The summed E-state index contributed by atoms with van der Waals surface area (Å²) in [6.07, 6.45) is 0. The van der Waals surface area contributed by atoms with E-state index in [0.29, 0.717) is 11.3 Å². The number of hydrogen-bond acceptors (Lipinski definition) is 2. The lowest BCUT2D eigenvalue weighted by Gasteiger charge is -1.98. The molecule has 3 nitrogen and oxygen atoms in total. The zero-order chi connectivity index (χ0) is 11.8. The number of aromatic hydroxyl groups is 1. The Balaban J connectivity index is 2.27. The molecule has 4 heteroatoms. The van der Waals surface area contributed by atoms with Crippen molar-refractivity contribution >= 4 is 10.9 Å². The first-order chi connectivity index (χ1) is 8.24. The number of nitrogens with zero attached hydrogens (tertiary/aromatic N) is 1. The summed E-state index contributed by atoms with van der Waals surface area (Å²) in [4.78, 5) is 0. The Bertz CT molecular complexity index is 691. The third-order valence-electron chi connectivity index (χ3n) is 2.64. The Kier molecular flexibility index (Phi) is 2.08. The zero-order valence-electron chi connectivity index (χ0n) is 8.81. The Labute approximate surface area is 96.5 Å². The van der Waals surface area contributed by atoms with Gasteiger partial charge in [0.05, 0.1) is 5.52 Å². The molecule has 1 heterocycles. The third-order valence-corrected chi connectivity index (χ3v) is 2.64. The van der Waals surface area contributed by atoms with Gasteiger partial charge >= 0.3 is 0 Å². The zero-order valence-corrected chi connectivity index (χ0v) is 8.81. The van der Waals surface area contributed by atoms with Crippen molar-refractivity contribution < 1.29 is 9.50 Å². The summed E-state index contributed by atoms with van der Waals surface area (Å²) in [6, 6.07) is 11.1. The van der Waals surface area contributed by atoms with E-state index >= 15 is 0 Å². The minimum atomic E-state index is -0.307. The topological polar surface area (TPSA) is 48.9 Å². The van der Waals surface area contributed by atoms with Crippen LogP contribution in [0.2, 0.25) is 0 Å². The molecule has 0 aliphatic heterocycles. The molecule has 84 valence electrons. The summed E-state index contributed by atoms with van der Waals surface area (Å²) in [6.45, 7) is 0. The number of rotatable bonds is 1. The van der Waals surface area contributed by atoms with E-state index in [9.17, 15) is 9.50 Å². The van der Waals surface area contributed by atoms with Crippen LogP contribution < -0.4 is 0 Å². The molecule has 0 fully saturated rings. The lowest BCUT2D eigenvalue weighted by atomic mass is 10.1. The van der Waals surface area contributed by atoms with Crippen molar-refractivity contribution in [3.63, 3.8) is 0 Å². The van der Waals surface area contributed by atoms with E-state index in [1.165, 1.54) is 12.1 Å². The highest BCUT2D eigenvalue weighted by Crippen LogP contribution is 2.28. The average Bonchev–Trinajstić information content (AvgIpc) is 2.71. The molecule has 0 saturated heterocycles. The fraction of sp³-hybridized carbons (Fsp3) is 0. The van der Waals surface area contributed by atoms with E-state index in [-0.39, 0.29) is 11.6 Å². The number of nitrogens with one attached hydrogen (secondary N) is 1. The van der Waals surface area contributed by atoms with Gasteiger partial charge in [0, 0.05) is 10.9 Å². The second-order valence-corrected chi connectivity index (χ2v) is 3.81. The van der Waals surface area contributed by atoms with Crippen LogP contribution in [0.15, 0.2) is 42.5 Å². The molecule has 0 atom stereocenters. The van der Waals surface area contributed by atoms with Gasteiger partial charge in [0.1, 0.15) is 17.3 Å². The number of fused-ring (bicyclic) bond motifs is 1. The molecule has 3 rings (SSSR count). The number of hydrogen-bond donors (Lipinski definition) is 2. The molecule has 0 spiro atoms. The molecule has 0 amide bonds. The van der Waals surface area contributed by atoms with E-state index < -0.39 is 0 Å². The van der Waals surface area contributed by atoms with Crippen molar-refractivity contribution in [2.45, 2.75) is 0 Å². The summed E-state index contributed by atoms with van der Waals surface area (Å²) in [5, 5.41) is 17.2. The Hall–Kier alpha value is -2.36. The summed E-state index contributed by atoms with van der Waals surface area (Å²) >= 11 is 0. The molecular formula is C13H9FN2O. The van der Waals surface area contributed by atoms with Crippen LogP contribution in [-0.4, -0.2) is 15.3 Å². The first-order valence-corrected chi connectivity index (χ1v) is 5.17. The monoisotopic (exact) mass is 228 g/mol. The maximum atomic E-state index is 13.2. The first-order valence-electron chi connectivity index (χ1n) is 5.17. The normalized spacial score (nSPS) is 10.9. The molecule has 0 unspecified atom stereocenters. The van der Waals surface area contributed by atoms with Crippen LogP contribution in [0.5, 0.6) is 5.75 Å². The number of H-pyrrole nitrogens is 1. The van der Waals surface area contributed by atoms with Gasteiger partial charge in [-0.15, -0.1) is 0 Å². The predicted octanol–water partition coefficient (Wildman–Crippen LogP) is 3.07. The Morgan fingerprint density at radius 3 is 2.82 bits per heavy atom. The third kappa shape index (κ3) is 1.63. The van der Waals surface area contributed by atoms with Crippen molar-refractivity contribution in [3.8, 4) is 17.0 Å². The van der Waals surface area contributed by atoms with Crippen LogP contribution >= 0.6 is 0 Å². The fourth-order valence-corrected chi connectivity index (χ4v) is 1.86. The summed E-state index contributed by atoms with van der Waals surface area (Å²) in [5.41, 5.74) is 2.12. The predicted molar refractivity (Wildman–Crippen MR) is 63.2 cm³/mol. The second kappa shape index (κ2) is 3.59. The molecule has 1 aromatic heterocycles. The van der Waals surface area contributed by atoms with Crippen LogP contribution in [0.4, 0.5) is 4.39 Å². The molecule has 17 heavy (non-hydrogen) atoms. The molecule has 0 radical (unpaired) electrons. The molecule has 3 aromatic rings. The number of phenolic OH excluding ortho intramolecular Hbond substituents is 1. The van der Waals surface area contributed by atoms with E-state index in [2.05, 4.69) is 10.2 Å². The molecule has 2 aromatic carbocycles. The molecule has 0 bridgehead atoms. The highest BCUT2D eigenvalue weighted by atomic mass is 19.1. The van der Waals surface area contributed by atoms with Crippen LogP contribution in [0.3, 0.4) is 0 Å². The number of aromatic amines is 1. The smallest absolute Gasteiger partial charge is 0.123 e. The average molecular weight is 228 g/mol. The number of halogens is 1. The highest BCUT2D eigenvalue weighted by molar-refractivity contribution is 5.93. The van der Waals surface area contributed by atoms with Crippen LogP contribution in [-0.2, 0) is 0 Å². The van der Waals surface area contributed by atoms with E-state index in [1.54, 1.807) is 30.3 Å². The van der Waals surface area contributed by atoms with Gasteiger partial charge in [0.15, 0.2) is 0 Å². The van der Waals surface area contributed by atoms with Crippen molar-refractivity contribution in [3.05, 3.63) is 48.3 Å². The summed E-state index contributed by atoms with van der Waals surface area (Å²) in [5.74, 6) is -0.143. The van der Waals surface area contributed by atoms with Crippen LogP contribution in [0, 0.1) is 5.82 Å². The SMILES string of the molecule is Oc1ccc2[nH]nc(-c3cccc(F)c3)c2c1. The van der Waals surface area contributed by atoms with Gasteiger partial charge in [-0.3, -0.25) is 5.10 Å². The summed E-state index contributed by atoms with van der Waals surface area (Å²) in [7, 11) is 0. The van der Waals surface area contributed by atoms with Crippen LogP contribution in [0.25, 0.3) is 22.2 Å². The Morgan fingerprint density at radius 2 is 2.00 bits per heavy atom. The molecule has 0 aliphatic rings. The quantitative estimate of drug-likeness (QED) is 0.672. The highest BCUT2D eigenvalue weighted by Gasteiger charge is 2.09. The van der Waals surface area contributed by atoms with Crippen molar-refractivity contribution in [2.75, 3.05) is 0 Å². The maximum Gasteiger partial charge on any atom is 0.123 e. The molecular weight excluding hydrogens is 219 g/mol. The van der Waals surface area contributed by atoms with Crippen LogP contribution in [0.1, 0.15) is 0 Å². The van der Waals surface area contributed by atoms with Gasteiger partial charge in [-0.25, -0.2) is 4.39 Å². The number of phenols is 1. The lowest BCUT2D eigenvalue weighted by molar-refractivity contribution is 0.476.